The minimum atomic E-state index is -0.544. The van der Waals surface area contributed by atoms with Crippen LogP contribution in [0.5, 0.6) is 17.2 Å². The van der Waals surface area contributed by atoms with E-state index >= 15 is 0 Å². The maximum atomic E-state index is 12.4. The van der Waals surface area contributed by atoms with E-state index < -0.39 is 17.9 Å². The molecule has 0 bridgehead atoms. The summed E-state index contributed by atoms with van der Waals surface area (Å²) < 4.78 is 21.1. The molecule has 0 aliphatic rings. The summed E-state index contributed by atoms with van der Waals surface area (Å²) in [6.07, 6.45) is 2.50. The van der Waals surface area contributed by atoms with Crippen molar-refractivity contribution in [2.75, 3.05) is 13.2 Å². The predicted octanol–water partition coefficient (Wildman–Crippen LogP) is 5.67. The fraction of sp³-hybridized carbons (Fsp3) is 0.148. The van der Waals surface area contributed by atoms with Crippen molar-refractivity contribution in [2.45, 2.75) is 12.8 Å². The van der Waals surface area contributed by atoms with E-state index in [0.29, 0.717) is 53.7 Å². The standard InChI is InChI=1S/C27H23ClO7/c1-2-25(29)33-18-4-3-17-32-22-11-5-19(6-12-22)26(30)34-23-13-7-20(8-14-23)27(31)35-24-15-9-21(28)10-16-24/h2,5-16H,1,3-4,17-18H2. The molecule has 0 saturated heterocycles. The normalized spacial score (nSPS) is 10.2. The lowest BCUT2D eigenvalue weighted by Gasteiger charge is -2.08. The zero-order valence-electron chi connectivity index (χ0n) is 18.8. The molecule has 180 valence electrons. The van der Waals surface area contributed by atoms with Crippen LogP contribution < -0.4 is 14.2 Å². The molecule has 7 nitrogen and oxygen atoms in total. The number of unbranched alkanes of at least 4 members (excludes halogenated alkanes) is 1. The van der Waals surface area contributed by atoms with Gasteiger partial charge in [-0.2, -0.15) is 0 Å². The summed E-state index contributed by atoms with van der Waals surface area (Å²) in [6.45, 7) is 4.09. The lowest BCUT2D eigenvalue weighted by molar-refractivity contribution is -0.137. The second-order valence-corrected chi connectivity index (χ2v) is 7.65. The fourth-order valence-electron chi connectivity index (χ4n) is 2.81. The maximum Gasteiger partial charge on any atom is 0.343 e. The molecule has 3 aromatic carbocycles. The second kappa shape index (κ2) is 13.0. The molecule has 35 heavy (non-hydrogen) atoms. The number of rotatable bonds is 11. The van der Waals surface area contributed by atoms with E-state index in [1.165, 1.54) is 24.3 Å². The number of benzene rings is 3. The molecular formula is C27H23ClO7. The summed E-state index contributed by atoms with van der Waals surface area (Å²) in [5, 5.41) is 0.541. The Balaban J connectivity index is 1.44. The van der Waals surface area contributed by atoms with Gasteiger partial charge < -0.3 is 18.9 Å². The Morgan fingerprint density at radius 1 is 0.686 bits per heavy atom. The van der Waals surface area contributed by atoms with E-state index in [1.807, 2.05) is 0 Å². The van der Waals surface area contributed by atoms with Gasteiger partial charge >= 0.3 is 17.9 Å². The number of hydrogen-bond donors (Lipinski definition) is 0. The van der Waals surface area contributed by atoms with Crippen LogP contribution in [0, 0.1) is 0 Å². The van der Waals surface area contributed by atoms with E-state index in [-0.39, 0.29) is 5.75 Å². The molecule has 0 atom stereocenters. The van der Waals surface area contributed by atoms with Crippen molar-refractivity contribution in [3.63, 3.8) is 0 Å². The maximum absolute atomic E-state index is 12.4. The van der Waals surface area contributed by atoms with E-state index in [1.54, 1.807) is 48.5 Å². The third-order valence-electron chi connectivity index (χ3n) is 4.63. The summed E-state index contributed by atoms with van der Waals surface area (Å²) in [5.41, 5.74) is 0.653. The molecule has 0 amide bonds. The van der Waals surface area contributed by atoms with Gasteiger partial charge in [0.2, 0.25) is 0 Å². The summed E-state index contributed by atoms with van der Waals surface area (Å²) in [7, 11) is 0. The fourth-order valence-corrected chi connectivity index (χ4v) is 2.93. The van der Waals surface area contributed by atoms with Gasteiger partial charge in [-0.25, -0.2) is 14.4 Å². The summed E-state index contributed by atoms with van der Waals surface area (Å²) >= 11 is 5.82. The molecule has 0 saturated carbocycles. The molecule has 0 N–H and O–H groups in total. The molecule has 0 heterocycles. The smallest absolute Gasteiger partial charge is 0.343 e. The zero-order valence-corrected chi connectivity index (χ0v) is 19.5. The van der Waals surface area contributed by atoms with Crippen LogP contribution in [0.25, 0.3) is 0 Å². The molecule has 3 aromatic rings. The molecule has 0 radical (unpaired) electrons. The van der Waals surface area contributed by atoms with Gasteiger partial charge in [0.1, 0.15) is 17.2 Å². The van der Waals surface area contributed by atoms with Gasteiger partial charge in [0, 0.05) is 11.1 Å². The van der Waals surface area contributed by atoms with Crippen LogP contribution in [0.1, 0.15) is 33.6 Å². The van der Waals surface area contributed by atoms with Crippen molar-refractivity contribution < 1.29 is 33.3 Å². The molecule has 0 aromatic heterocycles. The Morgan fingerprint density at radius 3 is 1.66 bits per heavy atom. The first kappa shape index (κ1) is 25.5. The number of carbonyl (C=O) groups excluding carboxylic acids is 3. The van der Waals surface area contributed by atoms with Crippen molar-refractivity contribution in [3.05, 3.63) is 102 Å². The van der Waals surface area contributed by atoms with Crippen molar-refractivity contribution in [3.8, 4) is 17.2 Å². The van der Waals surface area contributed by atoms with Crippen LogP contribution in [0.15, 0.2) is 85.5 Å². The van der Waals surface area contributed by atoms with Gasteiger partial charge in [0.15, 0.2) is 0 Å². The SMILES string of the molecule is C=CC(=O)OCCCCOc1ccc(C(=O)Oc2ccc(C(=O)Oc3ccc(Cl)cc3)cc2)cc1. The lowest BCUT2D eigenvalue weighted by Crippen LogP contribution is -2.10. The number of esters is 3. The Hall–Kier alpha value is -4.10. The molecule has 0 unspecified atom stereocenters. The van der Waals surface area contributed by atoms with Crippen LogP contribution in [0.2, 0.25) is 5.02 Å². The largest absolute Gasteiger partial charge is 0.494 e. The van der Waals surface area contributed by atoms with Crippen molar-refractivity contribution in [1.29, 1.82) is 0 Å². The highest BCUT2D eigenvalue weighted by atomic mass is 35.5. The quantitative estimate of drug-likeness (QED) is 0.147. The van der Waals surface area contributed by atoms with E-state index in [2.05, 4.69) is 6.58 Å². The van der Waals surface area contributed by atoms with Crippen molar-refractivity contribution >= 4 is 29.5 Å². The van der Waals surface area contributed by atoms with Crippen LogP contribution in [0.4, 0.5) is 0 Å². The summed E-state index contributed by atoms with van der Waals surface area (Å²) in [4.78, 5) is 35.6. The Bertz CT molecular complexity index is 1150. The number of ether oxygens (including phenoxy) is 4. The molecule has 0 aliphatic heterocycles. The number of carbonyl (C=O) groups is 3. The van der Waals surface area contributed by atoms with Gasteiger partial charge in [-0.05, 0) is 85.6 Å². The summed E-state index contributed by atoms with van der Waals surface area (Å²) in [5.74, 6) is -0.267. The zero-order chi connectivity index (χ0) is 25.0. The topological polar surface area (TPSA) is 88.1 Å². The van der Waals surface area contributed by atoms with Gasteiger partial charge in [-0.1, -0.05) is 18.2 Å². The van der Waals surface area contributed by atoms with Crippen molar-refractivity contribution in [2.24, 2.45) is 0 Å². The molecule has 8 heteroatoms. The first-order valence-corrected chi connectivity index (χ1v) is 11.1. The van der Waals surface area contributed by atoms with Crippen LogP contribution in [0.3, 0.4) is 0 Å². The average Bonchev–Trinajstić information content (AvgIpc) is 2.88. The minimum Gasteiger partial charge on any atom is -0.494 e. The predicted molar refractivity (Wildman–Crippen MR) is 130 cm³/mol. The van der Waals surface area contributed by atoms with Gasteiger partial charge in [0.25, 0.3) is 0 Å². The molecular weight excluding hydrogens is 472 g/mol. The van der Waals surface area contributed by atoms with Crippen molar-refractivity contribution in [1.82, 2.24) is 0 Å². The monoisotopic (exact) mass is 494 g/mol. The van der Waals surface area contributed by atoms with Gasteiger partial charge in [-0.15, -0.1) is 0 Å². The highest BCUT2D eigenvalue weighted by Crippen LogP contribution is 2.20. The lowest BCUT2D eigenvalue weighted by atomic mass is 10.2. The molecule has 3 rings (SSSR count). The first-order valence-electron chi connectivity index (χ1n) is 10.8. The van der Waals surface area contributed by atoms with Gasteiger partial charge in [0.05, 0.1) is 24.3 Å². The number of halogens is 1. The highest BCUT2D eigenvalue weighted by Gasteiger charge is 2.12. The van der Waals surface area contributed by atoms with Crippen LogP contribution in [-0.4, -0.2) is 31.1 Å². The highest BCUT2D eigenvalue weighted by molar-refractivity contribution is 6.30. The second-order valence-electron chi connectivity index (χ2n) is 7.21. The van der Waals surface area contributed by atoms with E-state index in [9.17, 15) is 14.4 Å². The third kappa shape index (κ3) is 8.32. The molecule has 0 fully saturated rings. The van der Waals surface area contributed by atoms with Gasteiger partial charge in [-0.3, -0.25) is 0 Å². The first-order chi connectivity index (χ1) is 16.9. The Kier molecular flexibility index (Phi) is 9.45. The molecule has 0 spiro atoms. The minimum absolute atomic E-state index is 0.288. The Morgan fingerprint density at radius 2 is 1.14 bits per heavy atom. The third-order valence-corrected chi connectivity index (χ3v) is 4.89. The van der Waals surface area contributed by atoms with E-state index in [4.69, 9.17) is 30.5 Å². The molecule has 0 aliphatic carbocycles. The average molecular weight is 495 g/mol. The Labute approximate surface area is 207 Å². The number of hydrogen-bond acceptors (Lipinski definition) is 7. The van der Waals surface area contributed by atoms with Crippen LogP contribution >= 0.6 is 11.6 Å². The van der Waals surface area contributed by atoms with Crippen LogP contribution in [-0.2, 0) is 9.53 Å². The van der Waals surface area contributed by atoms with E-state index in [0.717, 1.165) is 6.08 Å². The summed E-state index contributed by atoms with van der Waals surface area (Å²) in [6, 6.07) is 19.0.